The Morgan fingerprint density at radius 1 is 1.35 bits per heavy atom. The van der Waals surface area contributed by atoms with Crippen LogP contribution in [0.1, 0.15) is 33.1 Å². The highest BCUT2D eigenvalue weighted by Crippen LogP contribution is 2.37. The van der Waals surface area contributed by atoms with Crippen molar-refractivity contribution in [1.29, 1.82) is 0 Å². The summed E-state index contributed by atoms with van der Waals surface area (Å²) in [6.45, 7) is 5.91. The fourth-order valence-electron chi connectivity index (χ4n) is 3.33. The van der Waals surface area contributed by atoms with Gasteiger partial charge in [0, 0.05) is 19.1 Å². The molecule has 0 aromatic heterocycles. The van der Waals surface area contributed by atoms with Gasteiger partial charge in [0.15, 0.2) is 0 Å². The highest BCUT2D eigenvalue weighted by Gasteiger charge is 2.43. The van der Waals surface area contributed by atoms with Crippen molar-refractivity contribution < 1.29 is 4.79 Å². The molecule has 4 heteroatoms. The average molecular weight is 239 g/mol. The van der Waals surface area contributed by atoms with E-state index in [-0.39, 0.29) is 11.9 Å². The number of likely N-dealkylation sites (tertiary alicyclic amines) is 1. The third-order valence-electron chi connectivity index (χ3n) is 4.27. The minimum atomic E-state index is -0.329. The molecule has 0 bridgehead atoms. The van der Waals surface area contributed by atoms with E-state index in [4.69, 9.17) is 11.5 Å². The van der Waals surface area contributed by atoms with Gasteiger partial charge in [0.1, 0.15) is 0 Å². The Morgan fingerprint density at radius 3 is 2.65 bits per heavy atom. The zero-order chi connectivity index (χ0) is 12.6. The van der Waals surface area contributed by atoms with E-state index in [1.807, 2.05) is 4.90 Å². The number of nitrogens with two attached hydrogens (primary N) is 2. The first-order valence-corrected chi connectivity index (χ1v) is 6.79. The predicted molar refractivity (Wildman–Crippen MR) is 68.2 cm³/mol. The second kappa shape index (κ2) is 4.94. The molecule has 1 amide bonds. The number of hydrogen-bond donors (Lipinski definition) is 2. The van der Waals surface area contributed by atoms with E-state index in [0.717, 1.165) is 25.9 Å². The van der Waals surface area contributed by atoms with Gasteiger partial charge in [-0.15, -0.1) is 0 Å². The predicted octanol–water partition coefficient (Wildman–Crippen LogP) is 0.556. The van der Waals surface area contributed by atoms with Gasteiger partial charge < -0.3 is 16.4 Å². The molecular weight excluding hydrogens is 214 g/mol. The van der Waals surface area contributed by atoms with Gasteiger partial charge in [0.25, 0.3) is 0 Å². The standard InChI is InChI=1S/C13H25N3O/c1-8(2)5-12(15)13(17)16-6-9-3-4-11(14)10(9)7-16/h8-12H,3-7,14-15H2,1-2H3/t9?,10?,11?,12-/m0/s1. The lowest BCUT2D eigenvalue weighted by molar-refractivity contribution is -0.132. The molecule has 0 aromatic rings. The van der Waals surface area contributed by atoms with E-state index in [2.05, 4.69) is 13.8 Å². The van der Waals surface area contributed by atoms with E-state index >= 15 is 0 Å². The van der Waals surface area contributed by atoms with Crippen LogP contribution in [0.25, 0.3) is 0 Å². The van der Waals surface area contributed by atoms with Crippen LogP contribution < -0.4 is 11.5 Å². The lowest BCUT2D eigenvalue weighted by Gasteiger charge is -2.23. The monoisotopic (exact) mass is 239 g/mol. The van der Waals surface area contributed by atoms with Crippen LogP contribution in [0.15, 0.2) is 0 Å². The lowest BCUT2D eigenvalue weighted by Crippen LogP contribution is -2.44. The van der Waals surface area contributed by atoms with E-state index in [9.17, 15) is 4.79 Å². The highest BCUT2D eigenvalue weighted by molar-refractivity contribution is 5.82. The highest BCUT2D eigenvalue weighted by atomic mass is 16.2. The van der Waals surface area contributed by atoms with Gasteiger partial charge in [-0.1, -0.05) is 13.8 Å². The zero-order valence-electron chi connectivity index (χ0n) is 10.9. The molecule has 4 nitrogen and oxygen atoms in total. The molecule has 1 aliphatic heterocycles. The number of nitrogens with zero attached hydrogens (tertiary/aromatic N) is 1. The maximum atomic E-state index is 12.2. The van der Waals surface area contributed by atoms with Gasteiger partial charge in [0.05, 0.1) is 6.04 Å². The summed E-state index contributed by atoms with van der Waals surface area (Å²) < 4.78 is 0. The van der Waals surface area contributed by atoms with Crippen LogP contribution >= 0.6 is 0 Å². The largest absolute Gasteiger partial charge is 0.341 e. The van der Waals surface area contributed by atoms with Crippen LogP contribution in [0.4, 0.5) is 0 Å². The molecule has 1 saturated carbocycles. The Bertz CT molecular complexity index is 292. The molecule has 0 aromatic carbocycles. The molecule has 3 unspecified atom stereocenters. The van der Waals surface area contributed by atoms with Gasteiger partial charge >= 0.3 is 0 Å². The minimum absolute atomic E-state index is 0.125. The fourth-order valence-corrected chi connectivity index (χ4v) is 3.33. The summed E-state index contributed by atoms with van der Waals surface area (Å²) in [5, 5.41) is 0. The van der Waals surface area contributed by atoms with E-state index in [1.165, 1.54) is 6.42 Å². The van der Waals surface area contributed by atoms with Crippen molar-refractivity contribution >= 4 is 5.91 Å². The first kappa shape index (κ1) is 12.8. The molecule has 4 atom stereocenters. The molecule has 1 heterocycles. The molecule has 2 fully saturated rings. The van der Waals surface area contributed by atoms with Crippen LogP contribution in [-0.2, 0) is 4.79 Å². The van der Waals surface area contributed by atoms with Crippen molar-refractivity contribution in [2.45, 2.75) is 45.2 Å². The Morgan fingerprint density at radius 2 is 2.06 bits per heavy atom. The van der Waals surface area contributed by atoms with Gasteiger partial charge in [-0.2, -0.15) is 0 Å². The molecule has 1 aliphatic carbocycles. The van der Waals surface area contributed by atoms with Gasteiger partial charge in [0.2, 0.25) is 5.91 Å². The van der Waals surface area contributed by atoms with Crippen molar-refractivity contribution in [2.24, 2.45) is 29.2 Å². The van der Waals surface area contributed by atoms with Crippen molar-refractivity contribution in [2.75, 3.05) is 13.1 Å². The molecule has 4 N–H and O–H groups in total. The number of fused-ring (bicyclic) bond motifs is 1. The number of rotatable bonds is 3. The summed E-state index contributed by atoms with van der Waals surface area (Å²) >= 11 is 0. The first-order chi connectivity index (χ1) is 7.99. The van der Waals surface area contributed by atoms with Crippen LogP contribution in [0.3, 0.4) is 0 Å². The normalized spacial score (nSPS) is 34.2. The van der Waals surface area contributed by atoms with Gasteiger partial charge in [-0.3, -0.25) is 4.79 Å². The second-order valence-electron chi connectivity index (χ2n) is 6.14. The summed E-state index contributed by atoms with van der Waals surface area (Å²) in [5.74, 6) is 1.74. The maximum absolute atomic E-state index is 12.2. The molecule has 17 heavy (non-hydrogen) atoms. The van der Waals surface area contributed by atoms with Crippen LogP contribution in [0.2, 0.25) is 0 Å². The Balaban J connectivity index is 1.90. The minimum Gasteiger partial charge on any atom is -0.341 e. The van der Waals surface area contributed by atoms with Crippen LogP contribution in [0.5, 0.6) is 0 Å². The van der Waals surface area contributed by atoms with Crippen molar-refractivity contribution in [3.05, 3.63) is 0 Å². The Kier molecular flexibility index (Phi) is 3.73. The van der Waals surface area contributed by atoms with E-state index in [1.54, 1.807) is 0 Å². The number of amides is 1. The summed E-state index contributed by atoms with van der Waals surface area (Å²) in [7, 11) is 0. The van der Waals surface area contributed by atoms with Crippen LogP contribution in [0, 0.1) is 17.8 Å². The molecular formula is C13H25N3O. The fraction of sp³-hybridized carbons (Fsp3) is 0.923. The topological polar surface area (TPSA) is 72.4 Å². The summed E-state index contributed by atoms with van der Waals surface area (Å²) in [4.78, 5) is 14.1. The summed E-state index contributed by atoms with van der Waals surface area (Å²) in [6.07, 6.45) is 3.07. The SMILES string of the molecule is CC(C)C[C@H](N)C(=O)N1CC2CCC(N)C2C1. The number of hydrogen-bond acceptors (Lipinski definition) is 3. The smallest absolute Gasteiger partial charge is 0.239 e. The molecule has 0 radical (unpaired) electrons. The van der Waals surface area contributed by atoms with Crippen LogP contribution in [-0.4, -0.2) is 36.0 Å². The Hall–Kier alpha value is -0.610. The summed E-state index contributed by atoms with van der Waals surface area (Å²) in [6, 6.07) is -0.0378. The molecule has 2 rings (SSSR count). The Labute approximate surface area is 104 Å². The van der Waals surface area contributed by atoms with Gasteiger partial charge in [-0.25, -0.2) is 0 Å². The molecule has 0 spiro atoms. The lowest BCUT2D eigenvalue weighted by atomic mass is 9.98. The van der Waals surface area contributed by atoms with Crippen molar-refractivity contribution in [1.82, 2.24) is 4.90 Å². The molecule has 98 valence electrons. The van der Waals surface area contributed by atoms with E-state index < -0.39 is 0 Å². The number of carbonyl (C=O) groups excluding carboxylic acids is 1. The quantitative estimate of drug-likeness (QED) is 0.755. The molecule has 1 saturated heterocycles. The zero-order valence-corrected chi connectivity index (χ0v) is 10.9. The van der Waals surface area contributed by atoms with Crippen molar-refractivity contribution in [3.8, 4) is 0 Å². The van der Waals surface area contributed by atoms with Crippen molar-refractivity contribution in [3.63, 3.8) is 0 Å². The number of carbonyl (C=O) groups is 1. The third-order valence-corrected chi connectivity index (χ3v) is 4.27. The first-order valence-electron chi connectivity index (χ1n) is 6.79. The van der Waals surface area contributed by atoms with Gasteiger partial charge in [-0.05, 0) is 37.0 Å². The van der Waals surface area contributed by atoms with E-state index in [0.29, 0.717) is 23.8 Å². The summed E-state index contributed by atoms with van der Waals surface area (Å²) in [5.41, 5.74) is 12.0. The molecule has 2 aliphatic rings. The third kappa shape index (κ3) is 2.63. The maximum Gasteiger partial charge on any atom is 0.239 e. The second-order valence-corrected chi connectivity index (χ2v) is 6.14. The average Bonchev–Trinajstić information content (AvgIpc) is 2.79.